The summed E-state index contributed by atoms with van der Waals surface area (Å²) in [7, 11) is 1.35. The van der Waals surface area contributed by atoms with E-state index in [1.165, 1.54) is 13.2 Å². The molecule has 0 amide bonds. The van der Waals surface area contributed by atoms with Gasteiger partial charge in [-0.15, -0.1) is 0 Å². The standard InChI is InChI=1S/C12H13NO3/c1-15-11(14)5-4-9-7-10-3-2-6-16-12(10)13-8-9/h4-5,7-8H,2-3,6H2,1H3/b5-4+. The first-order chi connectivity index (χ1) is 7.79. The first-order valence-electron chi connectivity index (χ1n) is 5.17. The van der Waals surface area contributed by atoms with Gasteiger partial charge in [-0.05, 0) is 30.5 Å². The molecule has 4 heteroatoms. The van der Waals surface area contributed by atoms with Crippen LogP contribution in [0.15, 0.2) is 18.3 Å². The summed E-state index contributed by atoms with van der Waals surface area (Å²) in [6.45, 7) is 0.733. The fraction of sp³-hybridized carbons (Fsp3) is 0.333. The number of aryl methyl sites for hydroxylation is 1. The molecule has 0 radical (unpaired) electrons. The van der Waals surface area contributed by atoms with Crippen LogP contribution in [0.3, 0.4) is 0 Å². The van der Waals surface area contributed by atoms with Gasteiger partial charge in [0.25, 0.3) is 0 Å². The molecule has 0 spiro atoms. The van der Waals surface area contributed by atoms with Gasteiger partial charge in [0, 0.05) is 17.8 Å². The van der Waals surface area contributed by atoms with Gasteiger partial charge in [0.1, 0.15) is 0 Å². The second kappa shape index (κ2) is 4.79. The van der Waals surface area contributed by atoms with Gasteiger partial charge in [-0.25, -0.2) is 9.78 Å². The van der Waals surface area contributed by atoms with Gasteiger partial charge in [0.05, 0.1) is 13.7 Å². The lowest BCUT2D eigenvalue weighted by atomic mass is 10.1. The van der Waals surface area contributed by atoms with Crippen LogP contribution in [0.1, 0.15) is 17.5 Å². The number of carbonyl (C=O) groups is 1. The zero-order chi connectivity index (χ0) is 11.4. The Hall–Kier alpha value is -1.84. The fourth-order valence-electron chi connectivity index (χ4n) is 1.58. The summed E-state index contributed by atoms with van der Waals surface area (Å²) in [5.74, 6) is 0.343. The van der Waals surface area contributed by atoms with Crippen molar-refractivity contribution in [2.24, 2.45) is 0 Å². The molecular weight excluding hydrogens is 206 g/mol. The maximum absolute atomic E-state index is 10.9. The van der Waals surface area contributed by atoms with Gasteiger partial charge in [-0.1, -0.05) is 0 Å². The molecular formula is C12H13NO3. The van der Waals surface area contributed by atoms with Crippen LogP contribution in [0.4, 0.5) is 0 Å². The molecule has 1 aromatic heterocycles. The maximum Gasteiger partial charge on any atom is 0.330 e. The normalized spacial score (nSPS) is 14.3. The molecule has 0 fully saturated rings. The van der Waals surface area contributed by atoms with E-state index in [2.05, 4.69) is 9.72 Å². The smallest absolute Gasteiger partial charge is 0.330 e. The molecule has 0 bridgehead atoms. The summed E-state index contributed by atoms with van der Waals surface area (Å²) < 4.78 is 9.91. The lowest BCUT2D eigenvalue weighted by molar-refractivity contribution is -0.134. The number of ether oxygens (including phenoxy) is 2. The second-order valence-electron chi connectivity index (χ2n) is 3.54. The Kier molecular flexibility index (Phi) is 3.19. The van der Waals surface area contributed by atoms with Gasteiger partial charge in [0.15, 0.2) is 0 Å². The van der Waals surface area contributed by atoms with Crippen LogP contribution in [-0.4, -0.2) is 24.7 Å². The minimum absolute atomic E-state index is 0.367. The van der Waals surface area contributed by atoms with Crippen molar-refractivity contribution in [2.75, 3.05) is 13.7 Å². The predicted octanol–water partition coefficient (Wildman–Crippen LogP) is 1.59. The number of hydrogen-bond acceptors (Lipinski definition) is 4. The third kappa shape index (κ3) is 2.39. The first-order valence-corrected chi connectivity index (χ1v) is 5.17. The Morgan fingerprint density at radius 2 is 2.50 bits per heavy atom. The van der Waals surface area contributed by atoms with Crippen molar-refractivity contribution < 1.29 is 14.3 Å². The Labute approximate surface area is 93.9 Å². The van der Waals surface area contributed by atoms with E-state index in [9.17, 15) is 4.79 Å². The third-order valence-electron chi connectivity index (χ3n) is 2.39. The highest BCUT2D eigenvalue weighted by Crippen LogP contribution is 2.22. The van der Waals surface area contributed by atoms with E-state index < -0.39 is 0 Å². The molecule has 0 saturated heterocycles. The van der Waals surface area contributed by atoms with E-state index in [-0.39, 0.29) is 5.97 Å². The van der Waals surface area contributed by atoms with E-state index in [0.717, 1.165) is 30.6 Å². The van der Waals surface area contributed by atoms with Crippen molar-refractivity contribution in [1.82, 2.24) is 4.98 Å². The van der Waals surface area contributed by atoms with E-state index in [1.54, 1.807) is 12.3 Å². The Bertz CT molecular complexity index is 426. The largest absolute Gasteiger partial charge is 0.477 e. The minimum atomic E-state index is -0.367. The summed E-state index contributed by atoms with van der Waals surface area (Å²) in [6.07, 6.45) is 6.74. The Morgan fingerprint density at radius 1 is 1.62 bits per heavy atom. The molecule has 4 nitrogen and oxygen atoms in total. The van der Waals surface area contributed by atoms with Gasteiger partial charge in [-0.3, -0.25) is 0 Å². The molecule has 0 unspecified atom stereocenters. The summed E-state index contributed by atoms with van der Waals surface area (Å²) >= 11 is 0. The monoisotopic (exact) mass is 219 g/mol. The highest BCUT2D eigenvalue weighted by Gasteiger charge is 2.11. The number of hydrogen-bond donors (Lipinski definition) is 0. The molecule has 2 rings (SSSR count). The molecule has 0 N–H and O–H groups in total. The summed E-state index contributed by atoms with van der Waals surface area (Å²) in [5.41, 5.74) is 1.98. The van der Waals surface area contributed by atoms with E-state index in [4.69, 9.17) is 4.74 Å². The third-order valence-corrected chi connectivity index (χ3v) is 2.39. The highest BCUT2D eigenvalue weighted by atomic mass is 16.5. The zero-order valence-corrected chi connectivity index (χ0v) is 9.10. The molecule has 1 aromatic rings. The molecule has 84 valence electrons. The van der Waals surface area contributed by atoms with Crippen LogP contribution in [0.25, 0.3) is 6.08 Å². The Balaban J connectivity index is 2.17. The average Bonchev–Trinajstić information content (AvgIpc) is 2.35. The quantitative estimate of drug-likeness (QED) is 0.560. The number of aromatic nitrogens is 1. The SMILES string of the molecule is COC(=O)/C=C/c1cnc2c(c1)CCCO2. The number of esters is 1. The van der Waals surface area contributed by atoms with Crippen LogP contribution < -0.4 is 4.74 Å². The summed E-state index contributed by atoms with van der Waals surface area (Å²) in [4.78, 5) is 15.1. The highest BCUT2D eigenvalue weighted by molar-refractivity contribution is 5.86. The molecule has 1 aliphatic heterocycles. The van der Waals surface area contributed by atoms with Crippen molar-refractivity contribution >= 4 is 12.0 Å². The van der Waals surface area contributed by atoms with Crippen molar-refractivity contribution in [1.29, 1.82) is 0 Å². The molecule has 0 aliphatic carbocycles. The zero-order valence-electron chi connectivity index (χ0n) is 9.10. The van der Waals surface area contributed by atoms with Crippen LogP contribution in [0.2, 0.25) is 0 Å². The number of rotatable bonds is 2. The minimum Gasteiger partial charge on any atom is -0.477 e. The van der Waals surface area contributed by atoms with Crippen LogP contribution in [0, 0.1) is 0 Å². The molecule has 0 atom stereocenters. The molecule has 2 heterocycles. The lowest BCUT2D eigenvalue weighted by Gasteiger charge is -2.15. The number of pyridine rings is 1. The lowest BCUT2D eigenvalue weighted by Crippen LogP contribution is -2.09. The maximum atomic E-state index is 10.9. The first kappa shape index (κ1) is 10.7. The number of fused-ring (bicyclic) bond motifs is 1. The fourth-order valence-corrected chi connectivity index (χ4v) is 1.58. The van der Waals surface area contributed by atoms with Crippen molar-refractivity contribution in [3.8, 4) is 5.88 Å². The number of methoxy groups -OCH3 is 1. The van der Waals surface area contributed by atoms with Crippen LogP contribution in [-0.2, 0) is 16.0 Å². The van der Waals surface area contributed by atoms with Gasteiger partial charge in [0.2, 0.25) is 5.88 Å². The van der Waals surface area contributed by atoms with Gasteiger partial charge < -0.3 is 9.47 Å². The molecule has 0 aromatic carbocycles. The second-order valence-corrected chi connectivity index (χ2v) is 3.54. The van der Waals surface area contributed by atoms with Gasteiger partial charge >= 0.3 is 5.97 Å². The average molecular weight is 219 g/mol. The van der Waals surface area contributed by atoms with E-state index >= 15 is 0 Å². The predicted molar refractivity (Wildman–Crippen MR) is 59.1 cm³/mol. The van der Waals surface area contributed by atoms with Crippen molar-refractivity contribution in [3.05, 3.63) is 29.5 Å². The Morgan fingerprint density at radius 3 is 3.31 bits per heavy atom. The van der Waals surface area contributed by atoms with E-state index in [1.807, 2.05) is 6.07 Å². The molecule has 1 aliphatic rings. The number of nitrogens with zero attached hydrogens (tertiary/aromatic N) is 1. The van der Waals surface area contributed by atoms with Gasteiger partial charge in [-0.2, -0.15) is 0 Å². The van der Waals surface area contributed by atoms with Crippen LogP contribution in [0.5, 0.6) is 5.88 Å². The molecule has 16 heavy (non-hydrogen) atoms. The molecule has 0 saturated carbocycles. The van der Waals surface area contributed by atoms with Crippen molar-refractivity contribution in [3.63, 3.8) is 0 Å². The van der Waals surface area contributed by atoms with E-state index in [0.29, 0.717) is 5.88 Å². The summed E-state index contributed by atoms with van der Waals surface area (Å²) in [6, 6.07) is 1.99. The summed E-state index contributed by atoms with van der Waals surface area (Å²) in [5, 5.41) is 0. The van der Waals surface area contributed by atoms with Crippen molar-refractivity contribution in [2.45, 2.75) is 12.8 Å². The van der Waals surface area contributed by atoms with Crippen LogP contribution >= 0.6 is 0 Å². The number of carbonyl (C=O) groups excluding carboxylic acids is 1. The topological polar surface area (TPSA) is 48.4 Å².